The predicted octanol–water partition coefficient (Wildman–Crippen LogP) is 2.93. The molecule has 2 aromatic rings. The van der Waals surface area contributed by atoms with Gasteiger partial charge in [-0.1, -0.05) is 44.2 Å². The minimum atomic E-state index is -1.14. The normalized spacial score (nSPS) is 12.0. The standard InChI is InChI=1S/C17H24N2O4S.C8H7NO4/c1-11(2)16(18)17(23)19-13(8-15(21)22)14(20)10-24-9-12-6-4-3-5-7-12;1-5(10)6-2-3-7(9(12)13)8(11)4-6/h3-7,11,13,16H,8-10,18H2,1-2H3,(H,19,23)(H,21,22);2-4,11H,1H3/t13?,16-;/m0./s1. The van der Waals surface area contributed by atoms with E-state index < -0.39 is 46.7 Å². The number of carbonyl (C=O) groups is 4. The van der Waals surface area contributed by atoms with Gasteiger partial charge in [-0.3, -0.25) is 29.3 Å². The molecule has 0 saturated heterocycles. The first-order chi connectivity index (χ1) is 17.3. The molecule has 2 atom stereocenters. The molecule has 0 spiro atoms. The van der Waals surface area contributed by atoms with E-state index in [0.29, 0.717) is 5.75 Å². The topological polar surface area (TPSA) is 190 Å². The number of nitrogens with two attached hydrogens (primary N) is 1. The highest BCUT2D eigenvalue weighted by Crippen LogP contribution is 2.26. The second-order valence-corrected chi connectivity index (χ2v) is 9.38. The van der Waals surface area contributed by atoms with Crippen LogP contribution in [0, 0.1) is 16.0 Å². The zero-order valence-corrected chi connectivity index (χ0v) is 21.6. The maximum Gasteiger partial charge on any atom is 0.310 e. The number of benzene rings is 2. The smallest absolute Gasteiger partial charge is 0.310 e. The van der Waals surface area contributed by atoms with Gasteiger partial charge in [0.25, 0.3) is 0 Å². The fraction of sp³-hybridized carbons (Fsp3) is 0.360. The van der Waals surface area contributed by atoms with Gasteiger partial charge >= 0.3 is 11.7 Å². The number of aliphatic carboxylic acids is 1. The number of hydrogen-bond acceptors (Lipinski definition) is 9. The molecule has 2 rings (SSSR count). The highest BCUT2D eigenvalue weighted by Gasteiger charge is 2.26. The summed E-state index contributed by atoms with van der Waals surface area (Å²) in [6, 6.07) is 11.3. The summed E-state index contributed by atoms with van der Waals surface area (Å²) in [5, 5.41) is 30.8. The van der Waals surface area contributed by atoms with Crippen molar-refractivity contribution < 1.29 is 34.3 Å². The van der Waals surface area contributed by atoms with E-state index in [-0.39, 0.29) is 28.8 Å². The van der Waals surface area contributed by atoms with Crippen LogP contribution in [0.5, 0.6) is 5.75 Å². The van der Waals surface area contributed by atoms with E-state index in [4.69, 9.17) is 15.9 Å². The zero-order chi connectivity index (χ0) is 28.1. The molecule has 0 bridgehead atoms. The lowest BCUT2D eigenvalue weighted by atomic mass is 10.0. The fourth-order valence-corrected chi connectivity index (χ4v) is 3.76. The summed E-state index contributed by atoms with van der Waals surface area (Å²) in [6.07, 6.45) is -0.443. The summed E-state index contributed by atoms with van der Waals surface area (Å²) < 4.78 is 0. The van der Waals surface area contributed by atoms with Crippen LogP contribution in [0.1, 0.15) is 43.1 Å². The molecular weight excluding hydrogens is 502 g/mol. The molecule has 0 aliphatic rings. The number of carboxylic acid groups (broad SMARTS) is 1. The van der Waals surface area contributed by atoms with Crippen molar-refractivity contribution in [1.29, 1.82) is 0 Å². The summed E-state index contributed by atoms with van der Waals surface area (Å²) in [5.74, 6) is -2.02. The summed E-state index contributed by atoms with van der Waals surface area (Å²) in [6.45, 7) is 4.89. The highest BCUT2D eigenvalue weighted by atomic mass is 32.2. The van der Waals surface area contributed by atoms with E-state index in [1.165, 1.54) is 24.8 Å². The van der Waals surface area contributed by atoms with Crippen LogP contribution in [0.3, 0.4) is 0 Å². The number of thioether (sulfide) groups is 1. The Hall–Kier alpha value is -3.77. The molecule has 2 aromatic carbocycles. The number of Topliss-reactive ketones (excluding diaryl/α,β-unsaturated/α-hetero) is 2. The Morgan fingerprint density at radius 2 is 1.73 bits per heavy atom. The number of carboxylic acids is 1. The van der Waals surface area contributed by atoms with Gasteiger partial charge in [0.1, 0.15) is 0 Å². The van der Waals surface area contributed by atoms with Crippen LogP contribution in [-0.4, -0.2) is 56.4 Å². The Kier molecular flexibility index (Phi) is 13.0. The maximum atomic E-state index is 12.3. The Morgan fingerprint density at radius 1 is 1.11 bits per heavy atom. The number of phenolic OH excluding ortho intramolecular Hbond substituents is 1. The minimum absolute atomic E-state index is 0.0990. The van der Waals surface area contributed by atoms with Gasteiger partial charge in [0.15, 0.2) is 17.3 Å². The van der Waals surface area contributed by atoms with Crippen LogP contribution in [0.25, 0.3) is 0 Å². The zero-order valence-electron chi connectivity index (χ0n) is 20.7. The van der Waals surface area contributed by atoms with Gasteiger partial charge in [-0.25, -0.2) is 0 Å². The van der Waals surface area contributed by atoms with Crippen molar-refractivity contribution in [2.24, 2.45) is 11.7 Å². The number of nitrogens with one attached hydrogen (secondary N) is 1. The number of hydrogen-bond donors (Lipinski definition) is 4. The first-order valence-electron chi connectivity index (χ1n) is 11.2. The molecule has 1 amide bonds. The third-order valence-electron chi connectivity index (χ3n) is 5.04. The van der Waals surface area contributed by atoms with Crippen LogP contribution in [0.15, 0.2) is 48.5 Å². The van der Waals surface area contributed by atoms with E-state index in [2.05, 4.69) is 5.32 Å². The first-order valence-corrected chi connectivity index (χ1v) is 12.4. The molecule has 37 heavy (non-hydrogen) atoms. The van der Waals surface area contributed by atoms with Gasteiger partial charge in [-0.2, -0.15) is 0 Å². The predicted molar refractivity (Wildman–Crippen MR) is 139 cm³/mol. The summed E-state index contributed by atoms with van der Waals surface area (Å²) in [7, 11) is 0. The van der Waals surface area contributed by atoms with Crippen LogP contribution in [0.2, 0.25) is 0 Å². The van der Waals surface area contributed by atoms with Crippen molar-refractivity contribution >= 4 is 40.9 Å². The molecule has 0 aliphatic heterocycles. The molecule has 5 N–H and O–H groups in total. The quantitative estimate of drug-likeness (QED) is 0.179. The number of phenols is 1. The summed E-state index contributed by atoms with van der Waals surface area (Å²) >= 11 is 1.39. The molecule has 0 aliphatic carbocycles. The molecule has 1 unspecified atom stereocenters. The maximum absolute atomic E-state index is 12.3. The van der Waals surface area contributed by atoms with Crippen molar-refractivity contribution in [1.82, 2.24) is 5.32 Å². The molecular formula is C25H31N3O8S. The average Bonchev–Trinajstić information content (AvgIpc) is 2.83. The number of nitro groups is 1. The monoisotopic (exact) mass is 533 g/mol. The largest absolute Gasteiger partial charge is 0.502 e. The summed E-state index contributed by atoms with van der Waals surface area (Å²) in [5.41, 5.74) is 6.67. The number of aromatic hydroxyl groups is 1. The Bertz CT molecular complexity index is 1110. The average molecular weight is 534 g/mol. The lowest BCUT2D eigenvalue weighted by Crippen LogP contribution is -2.51. The van der Waals surface area contributed by atoms with Gasteiger partial charge in [0, 0.05) is 17.4 Å². The third-order valence-corrected chi connectivity index (χ3v) is 6.07. The number of nitrogens with zero attached hydrogens (tertiary/aromatic N) is 1. The molecule has 0 aromatic heterocycles. The van der Waals surface area contributed by atoms with Crippen LogP contribution < -0.4 is 11.1 Å². The van der Waals surface area contributed by atoms with Crippen molar-refractivity contribution in [3.63, 3.8) is 0 Å². The number of ketones is 2. The molecule has 0 fully saturated rings. The van der Waals surface area contributed by atoms with Crippen LogP contribution >= 0.6 is 11.8 Å². The van der Waals surface area contributed by atoms with Crippen molar-refractivity contribution in [3.05, 3.63) is 69.8 Å². The minimum Gasteiger partial charge on any atom is -0.502 e. The van der Waals surface area contributed by atoms with Gasteiger partial charge in [-0.05, 0) is 30.5 Å². The second kappa shape index (κ2) is 15.4. The summed E-state index contributed by atoms with van der Waals surface area (Å²) in [4.78, 5) is 55.6. The van der Waals surface area contributed by atoms with E-state index in [1.807, 2.05) is 30.3 Å². The molecule has 12 heteroatoms. The van der Waals surface area contributed by atoms with Gasteiger partial charge in [-0.15, -0.1) is 11.8 Å². The number of nitro benzene ring substituents is 1. The first kappa shape index (κ1) is 31.3. The number of carbonyl (C=O) groups excluding carboxylic acids is 3. The number of amides is 1. The lowest BCUT2D eigenvalue weighted by molar-refractivity contribution is -0.385. The lowest BCUT2D eigenvalue weighted by Gasteiger charge is -2.20. The van der Waals surface area contributed by atoms with Crippen molar-refractivity contribution in [2.45, 2.75) is 45.0 Å². The molecule has 200 valence electrons. The van der Waals surface area contributed by atoms with E-state index in [0.717, 1.165) is 17.7 Å². The van der Waals surface area contributed by atoms with Gasteiger partial charge in [0.05, 0.1) is 29.2 Å². The van der Waals surface area contributed by atoms with Crippen molar-refractivity contribution in [2.75, 3.05) is 5.75 Å². The number of rotatable bonds is 12. The van der Waals surface area contributed by atoms with E-state index in [1.54, 1.807) is 13.8 Å². The molecule has 11 nitrogen and oxygen atoms in total. The molecule has 0 heterocycles. The Labute approximate surface area is 218 Å². The second-order valence-electron chi connectivity index (χ2n) is 8.39. The SMILES string of the molecule is CC(=O)c1ccc([N+](=O)[O-])c(O)c1.CC(C)[C@H](N)C(=O)NC(CC(=O)O)C(=O)CSCc1ccccc1. The molecule has 0 saturated carbocycles. The van der Waals surface area contributed by atoms with Crippen molar-refractivity contribution in [3.8, 4) is 5.75 Å². The van der Waals surface area contributed by atoms with E-state index in [9.17, 15) is 29.3 Å². The Morgan fingerprint density at radius 3 is 2.22 bits per heavy atom. The van der Waals surface area contributed by atoms with Gasteiger partial charge in [0.2, 0.25) is 5.91 Å². The Balaban J connectivity index is 0.000000442. The fourth-order valence-electron chi connectivity index (χ4n) is 2.83. The van der Waals surface area contributed by atoms with Gasteiger partial charge < -0.3 is 21.3 Å². The highest BCUT2D eigenvalue weighted by molar-refractivity contribution is 7.99. The van der Waals surface area contributed by atoms with Crippen LogP contribution in [-0.2, 0) is 20.1 Å². The third kappa shape index (κ3) is 11.2. The van der Waals surface area contributed by atoms with E-state index >= 15 is 0 Å². The molecule has 0 radical (unpaired) electrons. The van der Waals surface area contributed by atoms with Crippen LogP contribution in [0.4, 0.5) is 5.69 Å².